The highest BCUT2D eigenvalue weighted by molar-refractivity contribution is 6.04. The Morgan fingerprint density at radius 2 is 1.33 bits per heavy atom. The van der Waals surface area contributed by atoms with Crippen molar-refractivity contribution in [2.45, 2.75) is 6.04 Å². The Labute approximate surface area is 271 Å². The van der Waals surface area contributed by atoms with Crippen LogP contribution in [0.5, 0.6) is 0 Å². The Kier molecular flexibility index (Phi) is 9.81. The van der Waals surface area contributed by atoms with Crippen LogP contribution >= 0.6 is 0 Å². The van der Waals surface area contributed by atoms with E-state index in [1.54, 1.807) is 0 Å². The lowest BCUT2D eigenvalue weighted by Crippen LogP contribution is -2.48. The summed E-state index contributed by atoms with van der Waals surface area (Å²) in [6.07, 6.45) is 0. The summed E-state index contributed by atoms with van der Waals surface area (Å²) in [4.78, 5) is 35.5. The van der Waals surface area contributed by atoms with E-state index >= 15 is 0 Å². The number of hydrogen-bond donors (Lipinski definition) is 3. The number of piperazine rings is 2. The Morgan fingerprint density at radius 3 is 1.91 bits per heavy atom. The maximum Gasteiger partial charge on any atom is 0.323 e. The lowest BCUT2D eigenvalue weighted by Gasteiger charge is -2.41. The normalized spacial score (nSPS) is 15.5. The molecule has 4 aromatic carbocycles. The van der Waals surface area contributed by atoms with Crippen molar-refractivity contribution in [3.8, 4) is 0 Å². The van der Waals surface area contributed by atoms with Crippen LogP contribution in [0.1, 0.15) is 27.5 Å². The van der Waals surface area contributed by atoms with Gasteiger partial charge in [-0.2, -0.15) is 0 Å². The van der Waals surface area contributed by atoms with Crippen molar-refractivity contribution in [2.24, 2.45) is 0 Å². The molecule has 0 radical (unpaired) electrons. The summed E-state index contributed by atoms with van der Waals surface area (Å²) in [5.74, 6) is -0.0193. The van der Waals surface area contributed by atoms with Crippen LogP contribution in [0.2, 0.25) is 0 Å². The molecule has 0 unspecified atom stereocenters. The Bertz CT molecular complexity index is 1560. The molecule has 2 fully saturated rings. The van der Waals surface area contributed by atoms with E-state index < -0.39 is 0 Å². The zero-order valence-corrected chi connectivity index (χ0v) is 26.7. The number of nitrogens with one attached hydrogen (secondary N) is 3. The van der Waals surface area contributed by atoms with E-state index in [2.05, 4.69) is 86.4 Å². The number of nitrogens with zero attached hydrogens (tertiary/aromatic N) is 4. The monoisotopic (exact) mass is 617 g/mol. The third kappa shape index (κ3) is 7.33. The van der Waals surface area contributed by atoms with Gasteiger partial charge in [0.25, 0.3) is 5.91 Å². The number of rotatable bonds is 8. The van der Waals surface area contributed by atoms with Crippen LogP contribution in [-0.4, -0.2) is 88.2 Å². The van der Waals surface area contributed by atoms with Crippen molar-refractivity contribution in [1.29, 1.82) is 0 Å². The average molecular weight is 618 g/mol. The fraction of sp³-hybridized carbons (Fsp3) is 0.297. The van der Waals surface area contributed by atoms with Crippen LogP contribution in [0.3, 0.4) is 0 Å². The molecule has 9 nitrogen and oxygen atoms in total. The van der Waals surface area contributed by atoms with E-state index in [0.717, 1.165) is 50.6 Å². The third-order valence-corrected chi connectivity index (χ3v) is 8.79. The van der Waals surface area contributed by atoms with E-state index in [0.29, 0.717) is 30.0 Å². The second-order valence-electron chi connectivity index (χ2n) is 12.0. The molecule has 3 N–H and O–H groups in total. The molecule has 2 aliphatic rings. The molecule has 0 spiro atoms. The van der Waals surface area contributed by atoms with Crippen LogP contribution in [0.25, 0.3) is 0 Å². The van der Waals surface area contributed by atoms with Crippen LogP contribution in [0.4, 0.5) is 27.5 Å². The van der Waals surface area contributed by atoms with Gasteiger partial charge in [0.2, 0.25) is 0 Å². The van der Waals surface area contributed by atoms with E-state index in [4.69, 9.17) is 0 Å². The molecule has 9 heteroatoms. The topological polar surface area (TPSA) is 83.2 Å². The Balaban J connectivity index is 1.22. The number of carbonyl (C=O) groups is 2. The second kappa shape index (κ2) is 14.5. The third-order valence-electron chi connectivity index (χ3n) is 8.79. The van der Waals surface area contributed by atoms with Gasteiger partial charge in [0.1, 0.15) is 0 Å². The van der Waals surface area contributed by atoms with Crippen LogP contribution in [0.15, 0.2) is 103 Å². The Hall–Kier alpha value is -4.86. The average Bonchev–Trinajstić information content (AvgIpc) is 3.10. The van der Waals surface area contributed by atoms with Crippen molar-refractivity contribution in [3.63, 3.8) is 0 Å². The molecule has 46 heavy (non-hydrogen) atoms. The van der Waals surface area contributed by atoms with Crippen molar-refractivity contribution in [3.05, 3.63) is 120 Å². The van der Waals surface area contributed by atoms with Gasteiger partial charge in [-0.1, -0.05) is 60.7 Å². The fourth-order valence-electron chi connectivity index (χ4n) is 6.33. The van der Waals surface area contributed by atoms with Crippen molar-refractivity contribution in [1.82, 2.24) is 15.1 Å². The minimum Gasteiger partial charge on any atom is -0.378 e. The molecular weight excluding hydrogens is 574 g/mol. The summed E-state index contributed by atoms with van der Waals surface area (Å²) in [5.41, 5.74) is 6.40. The van der Waals surface area contributed by atoms with Gasteiger partial charge in [0.05, 0.1) is 17.4 Å². The number of urea groups is 1. The van der Waals surface area contributed by atoms with Gasteiger partial charge in [-0.25, -0.2) is 4.79 Å². The Morgan fingerprint density at radius 1 is 0.717 bits per heavy atom. The maximum absolute atomic E-state index is 13.4. The highest BCUT2D eigenvalue weighted by Crippen LogP contribution is 2.33. The zero-order valence-electron chi connectivity index (χ0n) is 26.7. The summed E-state index contributed by atoms with van der Waals surface area (Å²) >= 11 is 0. The predicted molar refractivity (Wildman–Crippen MR) is 187 cm³/mol. The van der Waals surface area contributed by atoms with E-state index in [9.17, 15) is 9.59 Å². The molecule has 0 saturated carbocycles. The van der Waals surface area contributed by atoms with Gasteiger partial charge in [-0.3, -0.25) is 9.69 Å². The second-order valence-corrected chi connectivity index (χ2v) is 12.0. The quantitative estimate of drug-likeness (QED) is 0.247. The van der Waals surface area contributed by atoms with E-state index in [1.807, 2.05) is 66.4 Å². The van der Waals surface area contributed by atoms with Gasteiger partial charge in [0.15, 0.2) is 0 Å². The lowest BCUT2D eigenvalue weighted by molar-refractivity contribution is 0.0736. The molecule has 0 atom stereocenters. The first-order valence-electron chi connectivity index (χ1n) is 16.0. The molecule has 238 valence electrons. The summed E-state index contributed by atoms with van der Waals surface area (Å²) in [6.45, 7) is 6.15. The fourth-order valence-corrected chi connectivity index (χ4v) is 6.33. The van der Waals surface area contributed by atoms with Gasteiger partial charge in [-0.15, -0.1) is 0 Å². The summed E-state index contributed by atoms with van der Waals surface area (Å²) in [6, 6.07) is 34.5. The first kappa shape index (κ1) is 31.1. The minimum absolute atomic E-state index is 0.0193. The molecule has 4 aromatic rings. The molecule has 0 bridgehead atoms. The van der Waals surface area contributed by atoms with Crippen LogP contribution in [-0.2, 0) is 0 Å². The SMILES string of the molecule is CN(C)c1ccc(NC(=O)Nc2cc(C(=O)N3CCNCC3)ccc2N2CCN(C(c3ccccc3)c3ccccc3)CC2)cc1. The summed E-state index contributed by atoms with van der Waals surface area (Å²) in [5, 5.41) is 9.34. The summed E-state index contributed by atoms with van der Waals surface area (Å²) < 4.78 is 0. The van der Waals surface area contributed by atoms with Gasteiger partial charge < -0.3 is 30.7 Å². The van der Waals surface area contributed by atoms with Crippen LogP contribution < -0.4 is 25.8 Å². The van der Waals surface area contributed by atoms with Crippen molar-refractivity contribution in [2.75, 3.05) is 86.9 Å². The molecule has 2 saturated heterocycles. The molecule has 6 rings (SSSR count). The number of benzene rings is 4. The highest BCUT2D eigenvalue weighted by Gasteiger charge is 2.28. The minimum atomic E-state index is -0.350. The maximum atomic E-state index is 13.4. The standard InChI is InChI=1S/C37H43N7O2/c1-41(2)32-16-14-31(15-17-32)39-37(46)40-33-27-30(36(45)44-21-19-38-20-22-44)13-18-34(33)42-23-25-43(26-24-42)35(28-9-5-3-6-10-28)29-11-7-4-8-12-29/h3-18,27,35,38H,19-26H2,1-2H3,(H2,39,40,46). The molecule has 3 amide bonds. The molecular formula is C37H43N7O2. The number of anilines is 4. The predicted octanol–water partition coefficient (Wildman–Crippen LogP) is 5.35. The lowest BCUT2D eigenvalue weighted by atomic mass is 9.96. The number of carbonyl (C=O) groups excluding carboxylic acids is 2. The molecule has 2 aliphatic heterocycles. The number of hydrogen-bond acceptors (Lipinski definition) is 6. The van der Waals surface area contributed by atoms with Gasteiger partial charge in [-0.05, 0) is 53.6 Å². The number of amides is 3. The first-order chi connectivity index (χ1) is 22.5. The molecule has 0 aliphatic carbocycles. The van der Waals surface area contributed by atoms with Crippen molar-refractivity contribution < 1.29 is 9.59 Å². The van der Waals surface area contributed by atoms with Gasteiger partial charge in [0, 0.05) is 83.4 Å². The smallest absolute Gasteiger partial charge is 0.323 e. The van der Waals surface area contributed by atoms with Crippen LogP contribution in [0, 0.1) is 0 Å². The molecule has 0 aromatic heterocycles. The highest BCUT2D eigenvalue weighted by atomic mass is 16.2. The van der Waals surface area contributed by atoms with E-state index in [-0.39, 0.29) is 18.0 Å². The van der Waals surface area contributed by atoms with Crippen molar-refractivity contribution >= 4 is 34.7 Å². The van der Waals surface area contributed by atoms with Gasteiger partial charge >= 0.3 is 6.03 Å². The van der Waals surface area contributed by atoms with E-state index in [1.165, 1.54) is 11.1 Å². The molecule has 2 heterocycles. The first-order valence-corrected chi connectivity index (χ1v) is 16.0. The zero-order chi connectivity index (χ0) is 31.9. The largest absolute Gasteiger partial charge is 0.378 e. The summed E-state index contributed by atoms with van der Waals surface area (Å²) in [7, 11) is 3.96.